The van der Waals surface area contributed by atoms with E-state index < -0.39 is 11.7 Å². The molecule has 0 spiro atoms. The Morgan fingerprint density at radius 2 is 1.92 bits per heavy atom. The van der Waals surface area contributed by atoms with Crippen molar-refractivity contribution < 1.29 is 18.0 Å². The van der Waals surface area contributed by atoms with Crippen molar-refractivity contribution in [1.29, 1.82) is 5.26 Å². The maximum Gasteiger partial charge on any atom is 0.416 e. The molecule has 26 heavy (non-hydrogen) atoms. The van der Waals surface area contributed by atoms with Crippen LogP contribution in [0.15, 0.2) is 18.3 Å². The lowest BCUT2D eigenvalue weighted by Crippen LogP contribution is -2.18. The Bertz CT molecular complexity index is 862. The molecule has 0 fully saturated rings. The molecule has 0 aliphatic rings. The molecule has 1 aromatic carbocycles. The number of nitrogens with zero attached hydrogens (tertiary/aromatic N) is 3. The number of halogens is 5. The van der Waals surface area contributed by atoms with E-state index in [0.717, 1.165) is 10.9 Å². The molecule has 10 heteroatoms. The number of nitrogens with one attached hydrogen (secondary N) is 1. The first-order valence-corrected chi connectivity index (χ1v) is 8.14. The van der Waals surface area contributed by atoms with Crippen molar-refractivity contribution in [2.45, 2.75) is 26.4 Å². The van der Waals surface area contributed by atoms with Crippen LogP contribution in [0.3, 0.4) is 0 Å². The van der Waals surface area contributed by atoms with E-state index >= 15 is 0 Å². The molecule has 1 aromatic heterocycles. The normalized spacial score (nSPS) is 11.5. The summed E-state index contributed by atoms with van der Waals surface area (Å²) >= 11 is 12.0. The minimum Gasteiger partial charge on any atom is -0.309 e. The second kappa shape index (κ2) is 7.56. The molecule has 0 saturated heterocycles. The highest BCUT2D eigenvalue weighted by atomic mass is 35.5. The van der Waals surface area contributed by atoms with E-state index in [-0.39, 0.29) is 45.4 Å². The number of anilines is 1. The van der Waals surface area contributed by atoms with Gasteiger partial charge in [-0.05, 0) is 18.1 Å². The number of carbonyl (C=O) groups is 1. The second-order valence-corrected chi connectivity index (χ2v) is 6.68. The molecule has 1 amide bonds. The van der Waals surface area contributed by atoms with E-state index in [1.165, 1.54) is 0 Å². The average molecular weight is 405 g/mol. The summed E-state index contributed by atoms with van der Waals surface area (Å²) in [5.41, 5.74) is -1.06. The van der Waals surface area contributed by atoms with Crippen molar-refractivity contribution in [3.63, 3.8) is 0 Å². The van der Waals surface area contributed by atoms with Gasteiger partial charge in [-0.25, -0.2) is 4.68 Å². The van der Waals surface area contributed by atoms with Gasteiger partial charge in [0.25, 0.3) is 0 Å². The largest absolute Gasteiger partial charge is 0.416 e. The first kappa shape index (κ1) is 20.1. The fourth-order valence-electron chi connectivity index (χ4n) is 2.21. The Hall–Kier alpha value is -2.24. The Labute approximate surface area is 157 Å². The summed E-state index contributed by atoms with van der Waals surface area (Å²) in [5, 5.41) is 15.0. The number of hydrogen-bond acceptors (Lipinski definition) is 3. The first-order chi connectivity index (χ1) is 12.0. The third-order valence-electron chi connectivity index (χ3n) is 3.30. The number of carbonyl (C=O) groups excluding carboxylic acids is 1. The Morgan fingerprint density at radius 1 is 1.35 bits per heavy atom. The summed E-state index contributed by atoms with van der Waals surface area (Å²) in [7, 11) is 0. The van der Waals surface area contributed by atoms with Crippen LogP contribution < -0.4 is 5.32 Å². The molecule has 0 saturated carbocycles. The minimum absolute atomic E-state index is 0.0123. The molecule has 0 radical (unpaired) electrons. The predicted molar refractivity (Wildman–Crippen MR) is 91.4 cm³/mol. The maximum absolute atomic E-state index is 12.9. The van der Waals surface area contributed by atoms with Gasteiger partial charge in [0, 0.05) is 6.42 Å². The lowest BCUT2D eigenvalue weighted by Gasteiger charge is -2.15. The highest BCUT2D eigenvalue weighted by Gasteiger charge is 2.32. The zero-order valence-corrected chi connectivity index (χ0v) is 15.2. The average Bonchev–Trinajstić information content (AvgIpc) is 2.87. The highest BCUT2D eigenvalue weighted by molar-refractivity contribution is 6.38. The molecule has 138 valence electrons. The summed E-state index contributed by atoms with van der Waals surface area (Å²) in [5.74, 6) is -0.325. The van der Waals surface area contributed by atoms with Gasteiger partial charge in [0.1, 0.15) is 17.3 Å². The highest BCUT2D eigenvalue weighted by Crippen LogP contribution is 2.38. The Kier molecular flexibility index (Phi) is 5.84. The molecule has 2 rings (SSSR count). The van der Waals surface area contributed by atoms with Gasteiger partial charge in [0.05, 0.1) is 21.8 Å². The van der Waals surface area contributed by atoms with Gasteiger partial charge in [-0.2, -0.15) is 23.5 Å². The van der Waals surface area contributed by atoms with Crippen molar-refractivity contribution in [2.75, 3.05) is 5.32 Å². The second-order valence-electron chi connectivity index (χ2n) is 5.86. The molecule has 1 heterocycles. The van der Waals surface area contributed by atoms with Crippen molar-refractivity contribution >= 4 is 34.9 Å². The molecule has 5 nitrogen and oxygen atoms in total. The van der Waals surface area contributed by atoms with Gasteiger partial charge in [-0.1, -0.05) is 37.0 Å². The van der Waals surface area contributed by atoms with E-state index in [0.29, 0.717) is 12.1 Å². The molecule has 0 unspecified atom stereocenters. The van der Waals surface area contributed by atoms with Crippen molar-refractivity contribution in [2.24, 2.45) is 5.92 Å². The van der Waals surface area contributed by atoms with Crippen LogP contribution in [0.2, 0.25) is 10.0 Å². The number of rotatable bonds is 4. The first-order valence-electron chi connectivity index (χ1n) is 7.39. The van der Waals surface area contributed by atoms with E-state index in [1.54, 1.807) is 0 Å². The third kappa shape index (κ3) is 4.29. The van der Waals surface area contributed by atoms with Crippen molar-refractivity contribution in [1.82, 2.24) is 9.78 Å². The quantitative estimate of drug-likeness (QED) is 0.774. The smallest absolute Gasteiger partial charge is 0.309 e. The van der Waals surface area contributed by atoms with Crippen molar-refractivity contribution in [3.05, 3.63) is 39.5 Å². The standard InChI is InChI=1S/C16H13Cl2F3N4O/c1-8(2)3-13(26)24-15-9(6-22)7-23-25(15)14-11(17)4-10(5-12(14)18)16(19,20)21/h4-5,7-8H,3H2,1-2H3,(H,24,26). The SMILES string of the molecule is CC(C)CC(=O)Nc1c(C#N)cnn1-c1c(Cl)cc(C(F)(F)F)cc1Cl. The zero-order valence-electron chi connectivity index (χ0n) is 13.7. The van der Waals surface area contributed by atoms with Crippen LogP contribution in [0.25, 0.3) is 5.69 Å². The monoisotopic (exact) mass is 404 g/mol. The summed E-state index contributed by atoms with van der Waals surface area (Å²) in [6.45, 7) is 3.68. The minimum atomic E-state index is -4.62. The van der Waals surface area contributed by atoms with Gasteiger partial charge in [-0.15, -0.1) is 0 Å². The topological polar surface area (TPSA) is 70.7 Å². The number of benzene rings is 1. The molecule has 0 atom stereocenters. The lowest BCUT2D eigenvalue weighted by molar-refractivity contribution is -0.137. The predicted octanol–water partition coefficient (Wildman–Crippen LogP) is 5.05. The molecule has 0 aliphatic heterocycles. The van der Waals surface area contributed by atoms with E-state index in [2.05, 4.69) is 10.4 Å². The zero-order chi connectivity index (χ0) is 19.6. The van der Waals surface area contributed by atoms with E-state index in [9.17, 15) is 23.2 Å². The van der Waals surface area contributed by atoms with Gasteiger partial charge in [0.2, 0.25) is 5.91 Å². The lowest BCUT2D eigenvalue weighted by atomic mass is 10.1. The molecule has 0 aliphatic carbocycles. The number of aromatic nitrogens is 2. The summed E-state index contributed by atoms with van der Waals surface area (Å²) in [4.78, 5) is 12.1. The number of amides is 1. The molecule has 1 N–H and O–H groups in total. The Balaban J connectivity index is 2.55. The molecular weight excluding hydrogens is 392 g/mol. The summed E-state index contributed by atoms with van der Waals surface area (Å²) < 4.78 is 39.7. The summed E-state index contributed by atoms with van der Waals surface area (Å²) in [6.07, 6.45) is -3.28. The van der Waals surface area contributed by atoms with Crippen LogP contribution in [-0.4, -0.2) is 15.7 Å². The third-order valence-corrected chi connectivity index (χ3v) is 3.87. The van der Waals surface area contributed by atoms with Crippen molar-refractivity contribution in [3.8, 4) is 11.8 Å². The fourth-order valence-corrected chi connectivity index (χ4v) is 2.85. The van der Waals surface area contributed by atoms with Gasteiger partial charge < -0.3 is 5.32 Å². The maximum atomic E-state index is 12.9. The van der Waals surface area contributed by atoms with Gasteiger partial charge >= 0.3 is 6.18 Å². The van der Waals surface area contributed by atoms with E-state index in [1.807, 2.05) is 19.9 Å². The van der Waals surface area contributed by atoms with Crippen LogP contribution in [0, 0.1) is 17.2 Å². The number of hydrogen-bond donors (Lipinski definition) is 1. The Morgan fingerprint density at radius 3 is 2.38 bits per heavy atom. The van der Waals surface area contributed by atoms with Crippen LogP contribution >= 0.6 is 23.2 Å². The van der Waals surface area contributed by atoms with Gasteiger partial charge in [0.15, 0.2) is 5.82 Å². The number of alkyl halides is 3. The molecule has 0 bridgehead atoms. The van der Waals surface area contributed by atoms with Gasteiger partial charge in [-0.3, -0.25) is 4.79 Å². The van der Waals surface area contributed by atoms with Crippen LogP contribution in [0.1, 0.15) is 31.4 Å². The number of nitriles is 1. The van der Waals surface area contributed by atoms with Crippen LogP contribution in [-0.2, 0) is 11.0 Å². The molecular formula is C16H13Cl2F3N4O. The summed E-state index contributed by atoms with van der Waals surface area (Å²) in [6, 6.07) is 3.26. The van der Waals surface area contributed by atoms with Crippen LogP contribution in [0.4, 0.5) is 19.0 Å². The van der Waals surface area contributed by atoms with Crippen LogP contribution in [0.5, 0.6) is 0 Å². The fraction of sp³-hybridized carbons (Fsp3) is 0.312. The molecule has 2 aromatic rings. The van der Waals surface area contributed by atoms with E-state index in [4.69, 9.17) is 23.2 Å².